The van der Waals surface area contributed by atoms with Crippen LogP contribution in [-0.4, -0.2) is 0 Å². The maximum absolute atomic E-state index is 2.40. The van der Waals surface area contributed by atoms with Crippen molar-refractivity contribution in [1.82, 2.24) is 0 Å². The topological polar surface area (TPSA) is 0 Å². The van der Waals surface area contributed by atoms with Crippen molar-refractivity contribution >= 4 is 85.4 Å². The Morgan fingerprint density at radius 2 is 0.765 bits per heavy atom. The van der Waals surface area contributed by atoms with Crippen molar-refractivity contribution in [1.29, 1.82) is 0 Å². The molecule has 0 saturated carbocycles. The molecule has 1 heteroatoms. The minimum absolute atomic E-state index is 1.23. The predicted octanol–water partition coefficient (Wildman–Crippen LogP) is 14.8. The van der Waals surface area contributed by atoms with E-state index in [1.54, 1.807) is 0 Å². The third-order valence-corrected chi connectivity index (χ3v) is 12.0. The zero-order valence-electron chi connectivity index (χ0n) is 27.7. The summed E-state index contributed by atoms with van der Waals surface area (Å²) in [5, 5.41) is 15.6. The maximum Gasteiger partial charge on any atom is 0.0440 e. The molecule has 51 heavy (non-hydrogen) atoms. The van der Waals surface area contributed by atoms with Crippen LogP contribution in [0.4, 0.5) is 0 Å². The van der Waals surface area contributed by atoms with Crippen molar-refractivity contribution in [2.24, 2.45) is 0 Å². The smallest absolute Gasteiger partial charge is 0.0440 e. The summed E-state index contributed by atoms with van der Waals surface area (Å²) in [7, 11) is 0. The Labute approximate surface area is 299 Å². The van der Waals surface area contributed by atoms with E-state index in [-0.39, 0.29) is 0 Å². The summed E-state index contributed by atoms with van der Waals surface area (Å²) in [5.41, 5.74) is 7.53. The van der Waals surface area contributed by atoms with E-state index < -0.39 is 0 Å². The van der Waals surface area contributed by atoms with Gasteiger partial charge in [0.15, 0.2) is 0 Å². The molecular weight excluding hydrogens is 633 g/mol. The van der Waals surface area contributed by atoms with Gasteiger partial charge in [-0.25, -0.2) is 0 Å². The molecule has 0 atom stereocenters. The fourth-order valence-corrected chi connectivity index (χ4v) is 9.83. The molecule has 0 aliphatic heterocycles. The van der Waals surface area contributed by atoms with Crippen molar-refractivity contribution in [2.45, 2.75) is 0 Å². The van der Waals surface area contributed by atoms with Gasteiger partial charge in [0.1, 0.15) is 0 Å². The summed E-state index contributed by atoms with van der Waals surface area (Å²) < 4.78 is 2.69. The van der Waals surface area contributed by atoms with Crippen LogP contribution in [0.25, 0.3) is 107 Å². The Hall–Kier alpha value is -6.28. The van der Waals surface area contributed by atoms with Crippen LogP contribution in [0.2, 0.25) is 0 Å². The highest BCUT2D eigenvalue weighted by Gasteiger charge is 2.18. The van der Waals surface area contributed by atoms with Crippen LogP contribution >= 0.6 is 11.3 Å². The molecule has 0 nitrogen and oxygen atoms in total. The van der Waals surface area contributed by atoms with Crippen molar-refractivity contribution in [2.75, 3.05) is 0 Å². The molecule has 0 amide bonds. The van der Waals surface area contributed by atoms with Crippen molar-refractivity contribution < 1.29 is 0 Å². The molecule has 1 heterocycles. The summed E-state index contributed by atoms with van der Waals surface area (Å²) in [6.07, 6.45) is 0. The van der Waals surface area contributed by atoms with Crippen molar-refractivity contribution in [3.8, 4) is 33.4 Å². The molecule has 1 aromatic heterocycles. The van der Waals surface area contributed by atoms with Crippen LogP contribution in [0.5, 0.6) is 0 Å². The number of thiophene rings is 1. The van der Waals surface area contributed by atoms with Crippen LogP contribution in [0, 0.1) is 0 Å². The largest absolute Gasteiger partial charge is 0.134 e. The Kier molecular flexibility index (Phi) is 6.22. The van der Waals surface area contributed by atoms with E-state index in [4.69, 9.17) is 0 Å². The summed E-state index contributed by atoms with van der Waals surface area (Å²) in [4.78, 5) is 0. The molecule has 0 aliphatic rings. The molecule has 0 radical (unpaired) electrons. The van der Waals surface area contributed by atoms with E-state index in [0.717, 1.165) is 0 Å². The number of hydrogen-bond acceptors (Lipinski definition) is 1. The lowest BCUT2D eigenvalue weighted by atomic mass is 9.85. The highest BCUT2D eigenvalue weighted by molar-refractivity contribution is 7.27. The van der Waals surface area contributed by atoms with Crippen molar-refractivity contribution in [3.63, 3.8) is 0 Å². The Balaban J connectivity index is 1.12. The van der Waals surface area contributed by atoms with Crippen molar-refractivity contribution in [3.05, 3.63) is 182 Å². The van der Waals surface area contributed by atoms with Gasteiger partial charge in [-0.1, -0.05) is 164 Å². The first-order chi connectivity index (χ1) is 25.3. The quantitative estimate of drug-likeness (QED) is 0.130. The molecule has 10 aromatic carbocycles. The molecule has 0 aliphatic carbocycles. The molecule has 236 valence electrons. The lowest BCUT2D eigenvalue weighted by Crippen LogP contribution is -1.91. The average molecular weight is 663 g/mol. The van der Waals surface area contributed by atoms with Crippen LogP contribution in [-0.2, 0) is 0 Å². The van der Waals surface area contributed by atoms with Gasteiger partial charge >= 0.3 is 0 Å². The summed E-state index contributed by atoms with van der Waals surface area (Å²) in [6.45, 7) is 0. The fourth-order valence-electron chi connectivity index (χ4n) is 8.53. The number of hydrogen-bond donors (Lipinski definition) is 0. The second kappa shape index (κ2) is 11.1. The molecule has 0 spiro atoms. The van der Waals surface area contributed by atoms with E-state index in [0.29, 0.717) is 0 Å². The first kappa shape index (κ1) is 28.5. The van der Waals surface area contributed by atoms with Gasteiger partial charge in [0.25, 0.3) is 0 Å². The van der Waals surface area contributed by atoms with E-state index in [1.807, 2.05) is 11.3 Å². The SMILES string of the molecule is c1cc(-c2ccc3c(c2)sc2c4ccccc4c4ccccc4c32)cc(-c2c3ccccc3c(-c3ccc4ccccc4c3)c3ccccc23)c1. The zero-order valence-corrected chi connectivity index (χ0v) is 28.5. The van der Waals surface area contributed by atoms with Gasteiger partial charge in [-0.2, -0.15) is 0 Å². The third-order valence-electron chi connectivity index (χ3n) is 10.8. The molecule has 0 N–H and O–H groups in total. The van der Waals surface area contributed by atoms with Gasteiger partial charge in [-0.05, 0) is 100 Å². The van der Waals surface area contributed by atoms with Gasteiger partial charge in [-0.15, -0.1) is 11.3 Å². The van der Waals surface area contributed by atoms with E-state index in [2.05, 4.69) is 182 Å². The molecule has 11 aromatic rings. The standard InChI is InChI=1S/C50H30S/c1-2-13-32-28-36(25-24-31(32)12-1)48-42-21-8-6-19-40(42)47(41-20-7-9-22-43(41)48)35-15-11-14-33(29-35)34-26-27-45-46(30-34)51-50-44-23-10-4-17-38(44)37-16-3-5-18-39(37)49(45)50/h1-30H. The highest BCUT2D eigenvalue weighted by atomic mass is 32.1. The Morgan fingerprint density at radius 3 is 1.45 bits per heavy atom. The number of rotatable bonds is 3. The summed E-state index contributed by atoms with van der Waals surface area (Å²) in [6, 6.07) is 67.4. The van der Waals surface area contributed by atoms with Crippen LogP contribution in [0.1, 0.15) is 0 Å². The van der Waals surface area contributed by atoms with Crippen LogP contribution < -0.4 is 0 Å². The van der Waals surface area contributed by atoms with Gasteiger partial charge in [-0.3, -0.25) is 0 Å². The molecule has 0 saturated heterocycles. The fraction of sp³-hybridized carbons (Fsp3) is 0. The number of fused-ring (bicyclic) bond motifs is 11. The van der Waals surface area contributed by atoms with Crippen LogP contribution in [0.3, 0.4) is 0 Å². The summed E-state index contributed by atoms with van der Waals surface area (Å²) >= 11 is 1.92. The second-order valence-corrected chi connectivity index (χ2v) is 14.6. The van der Waals surface area contributed by atoms with E-state index in [1.165, 1.54) is 107 Å². The van der Waals surface area contributed by atoms with Gasteiger partial charge in [0, 0.05) is 25.6 Å². The Bertz CT molecular complexity index is 3140. The average Bonchev–Trinajstić information content (AvgIpc) is 3.59. The monoisotopic (exact) mass is 662 g/mol. The minimum Gasteiger partial charge on any atom is -0.134 e. The van der Waals surface area contributed by atoms with Gasteiger partial charge in [0.2, 0.25) is 0 Å². The Morgan fingerprint density at radius 1 is 0.275 bits per heavy atom. The summed E-state index contributed by atoms with van der Waals surface area (Å²) in [5.74, 6) is 0. The first-order valence-corrected chi connectivity index (χ1v) is 18.4. The van der Waals surface area contributed by atoms with Gasteiger partial charge < -0.3 is 0 Å². The normalized spacial score (nSPS) is 11.9. The lowest BCUT2D eigenvalue weighted by molar-refractivity contribution is 1.63. The highest BCUT2D eigenvalue weighted by Crippen LogP contribution is 2.47. The molecule has 0 bridgehead atoms. The predicted molar refractivity (Wildman–Crippen MR) is 223 cm³/mol. The number of benzene rings is 10. The molecular formula is C50H30S. The van der Waals surface area contributed by atoms with E-state index in [9.17, 15) is 0 Å². The lowest BCUT2D eigenvalue weighted by Gasteiger charge is -2.18. The van der Waals surface area contributed by atoms with Gasteiger partial charge in [0.05, 0.1) is 0 Å². The molecule has 0 unspecified atom stereocenters. The maximum atomic E-state index is 2.40. The second-order valence-electron chi connectivity index (χ2n) is 13.6. The van der Waals surface area contributed by atoms with E-state index >= 15 is 0 Å². The zero-order chi connectivity index (χ0) is 33.5. The van der Waals surface area contributed by atoms with Crippen LogP contribution in [0.15, 0.2) is 182 Å². The third kappa shape index (κ3) is 4.32. The molecule has 0 fully saturated rings. The molecule has 11 rings (SSSR count). The minimum atomic E-state index is 1.23. The first-order valence-electron chi connectivity index (χ1n) is 17.6.